The minimum Gasteiger partial charge on any atom is -0.340 e. The molecule has 3 rings (SSSR count). The molecule has 0 saturated carbocycles. The van der Waals surface area contributed by atoms with Crippen LogP contribution in [0.5, 0.6) is 0 Å². The first kappa shape index (κ1) is 18.6. The second kappa shape index (κ2) is 7.56. The molecular weight excluding hydrogens is 359 g/mol. The lowest BCUT2D eigenvalue weighted by atomic mass is 10.1. The molecule has 6 nitrogen and oxygen atoms in total. The van der Waals surface area contributed by atoms with Gasteiger partial charge in [-0.1, -0.05) is 48.5 Å². The molecule has 27 heavy (non-hydrogen) atoms. The predicted molar refractivity (Wildman–Crippen MR) is 91.2 cm³/mol. The molecule has 9 heteroatoms. The summed E-state index contributed by atoms with van der Waals surface area (Å²) < 4.78 is 39.2. The van der Waals surface area contributed by atoms with Crippen LogP contribution in [-0.2, 0) is 24.1 Å². The third-order valence-corrected chi connectivity index (χ3v) is 3.92. The van der Waals surface area contributed by atoms with Crippen molar-refractivity contribution in [3.63, 3.8) is 0 Å². The first-order valence-corrected chi connectivity index (χ1v) is 8.07. The van der Waals surface area contributed by atoms with Gasteiger partial charge < -0.3 is 4.90 Å². The van der Waals surface area contributed by atoms with E-state index >= 15 is 0 Å². The van der Waals surface area contributed by atoms with Crippen LogP contribution in [0.4, 0.5) is 13.2 Å². The van der Waals surface area contributed by atoms with E-state index in [2.05, 4.69) is 15.4 Å². The highest BCUT2D eigenvalue weighted by atomic mass is 19.4. The second-order valence-electron chi connectivity index (χ2n) is 5.91. The topological polar surface area (TPSA) is 63.9 Å². The Labute approximate surface area is 153 Å². The largest absolute Gasteiger partial charge is 0.416 e. The molecule has 0 aliphatic heterocycles. The second-order valence-corrected chi connectivity index (χ2v) is 5.91. The van der Waals surface area contributed by atoms with Gasteiger partial charge >= 0.3 is 6.18 Å². The normalized spacial score (nSPS) is 11.4. The number of tetrazole rings is 1. The fourth-order valence-corrected chi connectivity index (χ4v) is 2.53. The fraction of sp³-hybridized carbons (Fsp3) is 0.222. The Hall–Kier alpha value is -3.23. The molecule has 0 atom stereocenters. The van der Waals surface area contributed by atoms with Crippen molar-refractivity contribution in [1.29, 1.82) is 0 Å². The Morgan fingerprint density at radius 1 is 1.07 bits per heavy atom. The number of hydrogen-bond acceptors (Lipinski definition) is 4. The minimum atomic E-state index is -4.47. The van der Waals surface area contributed by atoms with Crippen molar-refractivity contribution in [2.75, 3.05) is 7.05 Å². The standard InChI is InChI=1S/C18H16F3N5O/c1-25(11-14-9-5-6-10-15(14)18(19,20)21)16(27)12-26-23-17(22-24-26)13-7-3-2-4-8-13/h2-10H,11-12H2,1H3. The van der Waals surface area contributed by atoms with Gasteiger partial charge in [0, 0.05) is 19.2 Å². The molecule has 0 radical (unpaired) electrons. The molecule has 0 unspecified atom stereocenters. The van der Waals surface area contributed by atoms with Gasteiger partial charge in [-0.25, -0.2) is 0 Å². The van der Waals surface area contributed by atoms with Crippen LogP contribution < -0.4 is 0 Å². The first-order chi connectivity index (χ1) is 12.8. The van der Waals surface area contributed by atoms with Crippen LogP contribution in [0.25, 0.3) is 11.4 Å². The van der Waals surface area contributed by atoms with Crippen molar-refractivity contribution in [3.05, 3.63) is 65.7 Å². The van der Waals surface area contributed by atoms with E-state index in [4.69, 9.17) is 0 Å². The van der Waals surface area contributed by atoms with Gasteiger partial charge in [-0.05, 0) is 16.8 Å². The van der Waals surface area contributed by atoms with Gasteiger partial charge in [0.05, 0.1) is 5.56 Å². The van der Waals surface area contributed by atoms with Crippen molar-refractivity contribution in [3.8, 4) is 11.4 Å². The summed E-state index contributed by atoms with van der Waals surface area (Å²) in [5, 5.41) is 11.9. The van der Waals surface area contributed by atoms with Crippen LogP contribution in [0.2, 0.25) is 0 Å². The number of hydrogen-bond donors (Lipinski definition) is 0. The summed E-state index contributed by atoms with van der Waals surface area (Å²) in [6.07, 6.45) is -4.47. The number of aromatic nitrogens is 4. The van der Waals surface area contributed by atoms with Gasteiger partial charge in [0.1, 0.15) is 6.54 Å². The number of alkyl halides is 3. The lowest BCUT2D eigenvalue weighted by Gasteiger charge is -2.19. The lowest BCUT2D eigenvalue weighted by Crippen LogP contribution is -2.31. The van der Waals surface area contributed by atoms with E-state index < -0.39 is 17.6 Å². The van der Waals surface area contributed by atoms with Gasteiger partial charge in [-0.15, -0.1) is 10.2 Å². The molecule has 0 aliphatic carbocycles. The van der Waals surface area contributed by atoms with Gasteiger partial charge in [-0.3, -0.25) is 4.79 Å². The maximum Gasteiger partial charge on any atom is 0.416 e. The maximum atomic E-state index is 13.1. The molecule has 1 aromatic heterocycles. The van der Waals surface area contributed by atoms with E-state index in [1.807, 2.05) is 30.3 Å². The van der Waals surface area contributed by atoms with Gasteiger partial charge in [0.15, 0.2) is 0 Å². The predicted octanol–water partition coefficient (Wildman–Crippen LogP) is 3.02. The zero-order valence-corrected chi connectivity index (χ0v) is 14.4. The van der Waals surface area contributed by atoms with E-state index in [1.165, 1.54) is 30.1 Å². The van der Waals surface area contributed by atoms with Crippen molar-refractivity contribution < 1.29 is 18.0 Å². The monoisotopic (exact) mass is 375 g/mol. The molecule has 0 N–H and O–H groups in total. The Morgan fingerprint density at radius 2 is 1.74 bits per heavy atom. The van der Waals surface area contributed by atoms with Crippen LogP contribution in [0.3, 0.4) is 0 Å². The smallest absolute Gasteiger partial charge is 0.340 e. The van der Waals surface area contributed by atoms with Crippen molar-refractivity contribution in [2.24, 2.45) is 0 Å². The number of carbonyl (C=O) groups excluding carboxylic acids is 1. The minimum absolute atomic E-state index is 0.0253. The molecule has 140 valence electrons. The number of nitrogens with zero attached hydrogens (tertiary/aromatic N) is 5. The number of amides is 1. The van der Waals surface area contributed by atoms with E-state index in [-0.39, 0.29) is 18.7 Å². The third kappa shape index (κ3) is 4.49. The fourth-order valence-electron chi connectivity index (χ4n) is 2.53. The van der Waals surface area contributed by atoms with Gasteiger partial charge in [0.2, 0.25) is 11.7 Å². The molecule has 1 heterocycles. The molecule has 0 spiro atoms. The number of likely N-dealkylation sites (N-methyl/N-ethyl adjacent to an activating group) is 1. The molecule has 0 aliphatic rings. The zero-order valence-electron chi connectivity index (χ0n) is 14.4. The Bertz CT molecular complexity index is 924. The number of carbonyl (C=O) groups is 1. The first-order valence-electron chi connectivity index (χ1n) is 8.07. The van der Waals surface area contributed by atoms with E-state index in [0.29, 0.717) is 5.82 Å². The Balaban J connectivity index is 1.68. The number of benzene rings is 2. The molecule has 0 bridgehead atoms. The van der Waals surface area contributed by atoms with Crippen LogP contribution in [0.1, 0.15) is 11.1 Å². The summed E-state index contributed by atoms with van der Waals surface area (Å²) in [6.45, 7) is -0.390. The zero-order chi connectivity index (χ0) is 19.4. The van der Waals surface area contributed by atoms with Crippen LogP contribution in [0.15, 0.2) is 54.6 Å². The molecule has 0 saturated heterocycles. The van der Waals surface area contributed by atoms with E-state index in [0.717, 1.165) is 16.4 Å². The summed E-state index contributed by atoms with van der Waals surface area (Å²) in [4.78, 5) is 14.7. The summed E-state index contributed by atoms with van der Waals surface area (Å²) in [5.41, 5.74) is 0.0240. The third-order valence-electron chi connectivity index (χ3n) is 3.92. The summed E-state index contributed by atoms with van der Waals surface area (Å²) in [7, 11) is 1.44. The molecule has 1 amide bonds. The van der Waals surface area contributed by atoms with Crippen LogP contribution in [-0.4, -0.2) is 38.1 Å². The van der Waals surface area contributed by atoms with Crippen LogP contribution >= 0.6 is 0 Å². The number of halogens is 3. The van der Waals surface area contributed by atoms with Gasteiger partial charge in [-0.2, -0.15) is 18.0 Å². The summed E-state index contributed by atoms with van der Waals surface area (Å²) in [5.74, 6) is -0.0579. The lowest BCUT2D eigenvalue weighted by molar-refractivity contribution is -0.139. The highest BCUT2D eigenvalue weighted by Gasteiger charge is 2.33. The molecular formula is C18H16F3N5O. The molecule has 2 aromatic carbocycles. The summed E-state index contributed by atoms with van der Waals surface area (Å²) >= 11 is 0. The Kier molecular flexibility index (Phi) is 5.20. The Morgan fingerprint density at radius 3 is 2.44 bits per heavy atom. The average molecular weight is 375 g/mol. The molecule has 3 aromatic rings. The number of rotatable bonds is 5. The summed E-state index contributed by atoms with van der Waals surface area (Å²) in [6, 6.07) is 14.3. The van der Waals surface area contributed by atoms with E-state index in [1.54, 1.807) is 0 Å². The van der Waals surface area contributed by atoms with Crippen molar-refractivity contribution >= 4 is 5.91 Å². The quantitative estimate of drug-likeness (QED) is 0.688. The average Bonchev–Trinajstić information content (AvgIpc) is 3.10. The van der Waals surface area contributed by atoms with Gasteiger partial charge in [0.25, 0.3) is 0 Å². The highest BCUT2D eigenvalue weighted by Crippen LogP contribution is 2.32. The van der Waals surface area contributed by atoms with Crippen LogP contribution in [0, 0.1) is 0 Å². The van der Waals surface area contributed by atoms with E-state index in [9.17, 15) is 18.0 Å². The molecule has 0 fully saturated rings. The highest BCUT2D eigenvalue weighted by molar-refractivity contribution is 5.75. The maximum absolute atomic E-state index is 13.1. The van der Waals surface area contributed by atoms with Crippen molar-refractivity contribution in [2.45, 2.75) is 19.3 Å². The SMILES string of the molecule is CN(Cc1ccccc1C(F)(F)F)C(=O)Cn1nnc(-c2ccccc2)n1. The van der Waals surface area contributed by atoms with Crippen molar-refractivity contribution in [1.82, 2.24) is 25.1 Å².